The van der Waals surface area contributed by atoms with E-state index in [0.29, 0.717) is 23.1 Å². The van der Waals surface area contributed by atoms with Gasteiger partial charge in [0, 0.05) is 5.69 Å². The van der Waals surface area contributed by atoms with Crippen molar-refractivity contribution in [3.8, 4) is 5.75 Å². The van der Waals surface area contributed by atoms with Crippen molar-refractivity contribution >= 4 is 40.9 Å². The van der Waals surface area contributed by atoms with Gasteiger partial charge < -0.3 is 14.8 Å². The van der Waals surface area contributed by atoms with Gasteiger partial charge in [-0.15, -0.1) is 11.8 Å². The predicted octanol–water partition coefficient (Wildman–Crippen LogP) is 4.32. The van der Waals surface area contributed by atoms with Crippen molar-refractivity contribution in [2.24, 2.45) is 0 Å². The second-order valence-electron chi connectivity index (χ2n) is 5.25. The molecule has 0 fully saturated rings. The normalized spacial score (nSPS) is 11.5. The van der Waals surface area contributed by atoms with Crippen molar-refractivity contribution < 1.29 is 19.1 Å². The van der Waals surface area contributed by atoms with Crippen LogP contribution in [0.2, 0.25) is 5.02 Å². The van der Waals surface area contributed by atoms with E-state index < -0.39 is 5.25 Å². The van der Waals surface area contributed by atoms with Crippen molar-refractivity contribution in [1.29, 1.82) is 0 Å². The lowest BCUT2D eigenvalue weighted by molar-refractivity contribution is -0.139. The Labute approximate surface area is 162 Å². The minimum Gasteiger partial charge on any atom is -0.495 e. The highest BCUT2D eigenvalue weighted by molar-refractivity contribution is 8.00. The number of carbonyl (C=O) groups excluding carboxylic acids is 2. The number of halogens is 1. The maximum atomic E-state index is 12.8. The zero-order valence-corrected chi connectivity index (χ0v) is 16.1. The van der Waals surface area contributed by atoms with Crippen LogP contribution in [0.25, 0.3) is 0 Å². The standard InChI is InChI=1S/C19H20ClNO4S/c1-3-25-17(22)12-26-18(13-7-5-4-6-8-13)19(23)21-14-9-10-16(24-2)15(20)11-14/h4-11,18H,3,12H2,1-2H3,(H,21,23)/t18-/m1/s1. The molecule has 26 heavy (non-hydrogen) atoms. The van der Waals surface area contributed by atoms with Crippen molar-refractivity contribution in [3.05, 3.63) is 59.1 Å². The molecule has 1 atom stereocenters. The zero-order valence-electron chi connectivity index (χ0n) is 14.5. The van der Waals surface area contributed by atoms with E-state index in [-0.39, 0.29) is 17.6 Å². The first-order valence-electron chi connectivity index (χ1n) is 8.01. The van der Waals surface area contributed by atoms with Crippen molar-refractivity contribution in [2.45, 2.75) is 12.2 Å². The molecule has 5 nitrogen and oxygen atoms in total. The number of benzene rings is 2. The molecule has 0 aliphatic carbocycles. The maximum Gasteiger partial charge on any atom is 0.315 e. The summed E-state index contributed by atoms with van der Waals surface area (Å²) >= 11 is 7.32. The number of hydrogen-bond donors (Lipinski definition) is 1. The minimum atomic E-state index is -0.554. The number of carbonyl (C=O) groups is 2. The lowest BCUT2D eigenvalue weighted by atomic mass is 10.1. The Morgan fingerprint density at radius 2 is 1.92 bits per heavy atom. The quantitative estimate of drug-likeness (QED) is 0.676. The zero-order chi connectivity index (χ0) is 18.9. The summed E-state index contributed by atoms with van der Waals surface area (Å²) in [4.78, 5) is 24.5. The monoisotopic (exact) mass is 393 g/mol. The lowest BCUT2D eigenvalue weighted by Gasteiger charge is -2.17. The van der Waals surface area contributed by atoms with Crippen LogP contribution >= 0.6 is 23.4 Å². The van der Waals surface area contributed by atoms with Crippen LogP contribution in [-0.2, 0) is 14.3 Å². The number of thioether (sulfide) groups is 1. The van der Waals surface area contributed by atoms with E-state index in [2.05, 4.69) is 5.32 Å². The van der Waals surface area contributed by atoms with E-state index in [1.54, 1.807) is 25.1 Å². The van der Waals surface area contributed by atoms with Gasteiger partial charge in [-0.05, 0) is 30.7 Å². The van der Waals surface area contributed by atoms with Gasteiger partial charge >= 0.3 is 5.97 Å². The molecule has 0 saturated heterocycles. The van der Waals surface area contributed by atoms with E-state index in [4.69, 9.17) is 21.1 Å². The summed E-state index contributed by atoms with van der Waals surface area (Å²) in [6, 6.07) is 14.3. The van der Waals surface area contributed by atoms with Gasteiger partial charge in [-0.2, -0.15) is 0 Å². The fourth-order valence-corrected chi connectivity index (χ4v) is 3.46. The van der Waals surface area contributed by atoms with Gasteiger partial charge in [0.2, 0.25) is 5.91 Å². The van der Waals surface area contributed by atoms with Gasteiger partial charge in [0.1, 0.15) is 11.0 Å². The van der Waals surface area contributed by atoms with Gasteiger partial charge in [-0.1, -0.05) is 41.9 Å². The van der Waals surface area contributed by atoms with Crippen molar-refractivity contribution in [1.82, 2.24) is 0 Å². The summed E-state index contributed by atoms with van der Waals surface area (Å²) in [6.45, 7) is 2.06. The Morgan fingerprint density at radius 3 is 2.54 bits per heavy atom. The Bertz CT molecular complexity index is 754. The molecule has 0 spiro atoms. The summed E-state index contributed by atoms with van der Waals surface area (Å²) in [5.41, 5.74) is 1.36. The second-order valence-corrected chi connectivity index (χ2v) is 6.75. The fraction of sp³-hybridized carbons (Fsp3) is 0.263. The van der Waals surface area contributed by atoms with Gasteiger partial charge in [0.25, 0.3) is 0 Å². The first-order chi connectivity index (χ1) is 12.5. The van der Waals surface area contributed by atoms with Gasteiger partial charge in [-0.3, -0.25) is 9.59 Å². The van der Waals surface area contributed by atoms with Gasteiger partial charge in [0.15, 0.2) is 0 Å². The Hall–Kier alpha value is -2.18. The molecule has 0 saturated carbocycles. The number of methoxy groups -OCH3 is 1. The molecular weight excluding hydrogens is 374 g/mol. The smallest absolute Gasteiger partial charge is 0.315 e. The molecule has 138 valence electrons. The van der Waals surface area contributed by atoms with E-state index in [1.165, 1.54) is 18.9 Å². The third kappa shape index (κ3) is 5.68. The van der Waals surface area contributed by atoms with Crippen LogP contribution in [0.1, 0.15) is 17.7 Å². The molecule has 2 aromatic rings. The fourth-order valence-electron chi connectivity index (χ4n) is 2.26. The average Bonchev–Trinajstić information content (AvgIpc) is 2.63. The number of esters is 1. The van der Waals surface area contributed by atoms with Gasteiger partial charge in [0.05, 0.1) is 24.5 Å². The molecular formula is C19H20ClNO4S. The predicted molar refractivity (Wildman–Crippen MR) is 105 cm³/mol. The van der Waals surface area contributed by atoms with Crippen LogP contribution in [0.5, 0.6) is 5.75 Å². The largest absolute Gasteiger partial charge is 0.495 e. The van der Waals surface area contributed by atoms with Crippen LogP contribution in [0.15, 0.2) is 48.5 Å². The molecule has 0 radical (unpaired) electrons. The summed E-state index contributed by atoms with van der Waals surface area (Å²) < 4.78 is 10.1. The third-order valence-electron chi connectivity index (χ3n) is 3.43. The van der Waals surface area contributed by atoms with Crippen LogP contribution in [0.4, 0.5) is 5.69 Å². The molecule has 7 heteroatoms. The van der Waals surface area contributed by atoms with Crippen LogP contribution < -0.4 is 10.1 Å². The molecule has 2 rings (SSSR count). The SMILES string of the molecule is CCOC(=O)CS[C@@H](C(=O)Nc1ccc(OC)c(Cl)c1)c1ccccc1. The number of amides is 1. The molecule has 0 aromatic heterocycles. The molecule has 0 heterocycles. The van der Waals surface area contributed by atoms with Crippen LogP contribution in [0.3, 0.4) is 0 Å². The summed E-state index contributed by atoms with van der Waals surface area (Å²) in [7, 11) is 1.52. The first kappa shape index (κ1) is 20.1. The maximum absolute atomic E-state index is 12.8. The van der Waals surface area contributed by atoms with Crippen LogP contribution in [-0.4, -0.2) is 31.3 Å². The molecule has 1 amide bonds. The molecule has 0 bridgehead atoms. The van der Waals surface area contributed by atoms with Crippen molar-refractivity contribution in [2.75, 3.05) is 24.8 Å². The number of hydrogen-bond acceptors (Lipinski definition) is 5. The summed E-state index contributed by atoms with van der Waals surface area (Å²) in [5.74, 6) is 0.0240. The Balaban J connectivity index is 2.14. The highest BCUT2D eigenvalue weighted by Crippen LogP contribution is 2.32. The number of anilines is 1. The number of ether oxygens (including phenoxy) is 2. The second kappa shape index (κ2) is 10.1. The van der Waals surface area contributed by atoms with E-state index in [1.807, 2.05) is 30.3 Å². The third-order valence-corrected chi connectivity index (χ3v) is 4.95. The first-order valence-corrected chi connectivity index (χ1v) is 9.44. The lowest BCUT2D eigenvalue weighted by Crippen LogP contribution is -2.20. The van der Waals surface area contributed by atoms with Crippen LogP contribution in [0, 0.1) is 0 Å². The van der Waals surface area contributed by atoms with E-state index in [9.17, 15) is 9.59 Å². The van der Waals surface area contributed by atoms with E-state index >= 15 is 0 Å². The Kier molecular flexibility index (Phi) is 7.81. The highest BCUT2D eigenvalue weighted by Gasteiger charge is 2.23. The van der Waals surface area contributed by atoms with Gasteiger partial charge in [-0.25, -0.2) is 0 Å². The average molecular weight is 394 g/mol. The summed E-state index contributed by atoms with van der Waals surface area (Å²) in [6.07, 6.45) is 0. The number of rotatable bonds is 8. The summed E-state index contributed by atoms with van der Waals surface area (Å²) in [5, 5.41) is 2.69. The van der Waals surface area contributed by atoms with Crippen molar-refractivity contribution in [3.63, 3.8) is 0 Å². The Morgan fingerprint density at radius 1 is 1.19 bits per heavy atom. The molecule has 0 aliphatic heterocycles. The molecule has 2 aromatic carbocycles. The molecule has 1 N–H and O–H groups in total. The topological polar surface area (TPSA) is 64.6 Å². The highest BCUT2D eigenvalue weighted by atomic mass is 35.5. The molecule has 0 aliphatic rings. The molecule has 0 unspecified atom stereocenters. The number of nitrogens with one attached hydrogen (secondary N) is 1. The minimum absolute atomic E-state index is 0.0875. The van der Waals surface area contributed by atoms with E-state index in [0.717, 1.165) is 5.56 Å².